The molecule has 17 heavy (non-hydrogen) atoms. The minimum absolute atomic E-state index is 0.464. The fourth-order valence-corrected chi connectivity index (χ4v) is 2.65. The van der Waals surface area contributed by atoms with Crippen molar-refractivity contribution < 1.29 is 0 Å². The first-order valence-corrected chi connectivity index (χ1v) is 6.24. The molecule has 1 N–H and O–H groups in total. The molecule has 86 valence electrons. The smallest absolute Gasteiger partial charge is 0.0519 e. The van der Waals surface area contributed by atoms with Gasteiger partial charge in [-0.05, 0) is 42.5 Å². The van der Waals surface area contributed by atoms with E-state index in [9.17, 15) is 0 Å². The van der Waals surface area contributed by atoms with E-state index in [1.807, 2.05) is 0 Å². The summed E-state index contributed by atoms with van der Waals surface area (Å²) in [6.45, 7) is 2.19. The number of hydrogen-bond acceptors (Lipinski definition) is 1. The van der Waals surface area contributed by atoms with Crippen LogP contribution >= 0.6 is 0 Å². The van der Waals surface area contributed by atoms with Gasteiger partial charge in [-0.15, -0.1) is 0 Å². The van der Waals surface area contributed by atoms with Crippen molar-refractivity contribution in [3.05, 3.63) is 65.2 Å². The van der Waals surface area contributed by atoms with Crippen molar-refractivity contribution in [3.63, 3.8) is 0 Å². The van der Waals surface area contributed by atoms with Crippen LogP contribution in [0.1, 0.15) is 29.2 Å². The molecule has 0 saturated carbocycles. The van der Waals surface area contributed by atoms with Gasteiger partial charge in [0.2, 0.25) is 0 Å². The van der Waals surface area contributed by atoms with E-state index in [2.05, 4.69) is 60.8 Å². The van der Waals surface area contributed by atoms with E-state index in [1.165, 1.54) is 35.2 Å². The van der Waals surface area contributed by atoms with Gasteiger partial charge in [0.1, 0.15) is 0 Å². The van der Waals surface area contributed by atoms with Crippen LogP contribution in [0.3, 0.4) is 0 Å². The summed E-state index contributed by atoms with van der Waals surface area (Å²) in [7, 11) is 0. The predicted octanol–water partition coefficient (Wildman–Crippen LogP) is 4.09. The molecule has 3 rings (SSSR count). The van der Waals surface area contributed by atoms with Gasteiger partial charge in [0.05, 0.1) is 6.04 Å². The molecule has 0 aromatic heterocycles. The molecule has 0 amide bonds. The van der Waals surface area contributed by atoms with Crippen LogP contribution in [-0.4, -0.2) is 0 Å². The van der Waals surface area contributed by atoms with Crippen LogP contribution in [0.25, 0.3) is 0 Å². The number of fused-ring (bicyclic) bond motifs is 1. The number of benzene rings is 2. The average molecular weight is 223 g/mol. The summed E-state index contributed by atoms with van der Waals surface area (Å²) in [4.78, 5) is 0. The Morgan fingerprint density at radius 3 is 2.65 bits per heavy atom. The van der Waals surface area contributed by atoms with Crippen LogP contribution < -0.4 is 5.32 Å². The molecule has 0 unspecified atom stereocenters. The first-order chi connectivity index (χ1) is 8.34. The van der Waals surface area contributed by atoms with Gasteiger partial charge in [-0.1, -0.05) is 42.5 Å². The molecule has 0 radical (unpaired) electrons. The molecule has 0 saturated heterocycles. The van der Waals surface area contributed by atoms with Gasteiger partial charge in [-0.3, -0.25) is 0 Å². The maximum absolute atomic E-state index is 3.65. The monoisotopic (exact) mass is 223 g/mol. The van der Waals surface area contributed by atoms with Crippen molar-refractivity contribution in [1.29, 1.82) is 0 Å². The molecular formula is C16H17N. The molecule has 2 aromatic rings. The Balaban J connectivity index is 1.92. The molecule has 1 atom stereocenters. The second-order valence-corrected chi connectivity index (χ2v) is 4.75. The zero-order chi connectivity index (χ0) is 11.7. The molecule has 0 aliphatic carbocycles. The Morgan fingerprint density at radius 1 is 1.00 bits per heavy atom. The third kappa shape index (κ3) is 1.93. The van der Waals surface area contributed by atoms with Crippen LogP contribution in [0.2, 0.25) is 0 Å². The number of aryl methyl sites for hydroxylation is 2. The van der Waals surface area contributed by atoms with E-state index in [0.29, 0.717) is 6.04 Å². The third-order valence-electron chi connectivity index (χ3n) is 3.61. The zero-order valence-corrected chi connectivity index (χ0v) is 10.1. The summed E-state index contributed by atoms with van der Waals surface area (Å²) in [5.41, 5.74) is 5.55. The lowest BCUT2D eigenvalue weighted by Gasteiger charge is -2.28. The number of rotatable bonds is 1. The highest BCUT2D eigenvalue weighted by Gasteiger charge is 2.19. The highest BCUT2D eigenvalue weighted by atomic mass is 14.9. The molecule has 0 fully saturated rings. The number of para-hydroxylation sites is 1. The van der Waals surface area contributed by atoms with Gasteiger partial charge in [0.25, 0.3) is 0 Å². The molecule has 0 bridgehead atoms. The first kappa shape index (κ1) is 10.4. The summed E-state index contributed by atoms with van der Waals surface area (Å²) in [5, 5.41) is 3.65. The molecule has 1 heterocycles. The molecule has 2 aromatic carbocycles. The van der Waals surface area contributed by atoms with Crippen LogP contribution in [-0.2, 0) is 6.42 Å². The van der Waals surface area contributed by atoms with E-state index in [0.717, 1.165) is 0 Å². The molecule has 1 aliphatic heterocycles. The maximum Gasteiger partial charge on any atom is 0.0519 e. The Bertz CT molecular complexity index is 531. The minimum atomic E-state index is 0.464. The van der Waals surface area contributed by atoms with Crippen LogP contribution in [0, 0.1) is 6.92 Å². The summed E-state index contributed by atoms with van der Waals surface area (Å²) in [5.74, 6) is 0. The highest BCUT2D eigenvalue weighted by Crippen LogP contribution is 2.33. The van der Waals surface area contributed by atoms with Crippen molar-refractivity contribution in [1.82, 2.24) is 0 Å². The van der Waals surface area contributed by atoms with E-state index in [1.54, 1.807) is 0 Å². The van der Waals surface area contributed by atoms with Gasteiger partial charge in [0.15, 0.2) is 0 Å². The van der Waals surface area contributed by atoms with E-state index < -0.39 is 0 Å². The Hall–Kier alpha value is -1.76. The topological polar surface area (TPSA) is 12.0 Å². The van der Waals surface area contributed by atoms with Crippen LogP contribution in [0.5, 0.6) is 0 Å². The van der Waals surface area contributed by atoms with Gasteiger partial charge in [0, 0.05) is 5.69 Å². The fourth-order valence-electron chi connectivity index (χ4n) is 2.65. The Labute approximate surface area is 102 Å². The van der Waals surface area contributed by atoms with Crippen molar-refractivity contribution in [2.24, 2.45) is 0 Å². The van der Waals surface area contributed by atoms with Gasteiger partial charge >= 0.3 is 0 Å². The van der Waals surface area contributed by atoms with E-state index in [4.69, 9.17) is 0 Å². The second kappa shape index (κ2) is 4.25. The summed E-state index contributed by atoms with van der Waals surface area (Å²) in [6, 6.07) is 17.8. The number of hydrogen-bond donors (Lipinski definition) is 1. The van der Waals surface area contributed by atoms with E-state index >= 15 is 0 Å². The zero-order valence-electron chi connectivity index (χ0n) is 10.1. The standard InChI is InChI=1S/C16H17N/c1-12-6-2-4-8-14(12)16-11-10-13-7-3-5-9-15(13)17-16/h2-9,16-17H,10-11H2,1H3/t16-/m1/s1. The number of nitrogens with one attached hydrogen (secondary N) is 1. The average Bonchev–Trinajstić information content (AvgIpc) is 2.39. The summed E-state index contributed by atoms with van der Waals surface area (Å²) in [6.07, 6.45) is 2.35. The molecule has 0 spiro atoms. The van der Waals surface area contributed by atoms with Gasteiger partial charge in [-0.2, -0.15) is 0 Å². The Kier molecular flexibility index (Phi) is 2.60. The minimum Gasteiger partial charge on any atom is -0.378 e. The van der Waals surface area contributed by atoms with E-state index in [-0.39, 0.29) is 0 Å². The predicted molar refractivity (Wildman–Crippen MR) is 72.3 cm³/mol. The lowest BCUT2D eigenvalue weighted by Crippen LogP contribution is -2.18. The normalized spacial score (nSPS) is 18.3. The van der Waals surface area contributed by atoms with Gasteiger partial charge in [-0.25, -0.2) is 0 Å². The highest BCUT2D eigenvalue weighted by molar-refractivity contribution is 5.55. The maximum atomic E-state index is 3.65. The molecule has 1 nitrogen and oxygen atoms in total. The summed E-state index contributed by atoms with van der Waals surface area (Å²) >= 11 is 0. The fraction of sp³-hybridized carbons (Fsp3) is 0.250. The Morgan fingerprint density at radius 2 is 1.76 bits per heavy atom. The third-order valence-corrected chi connectivity index (χ3v) is 3.61. The quantitative estimate of drug-likeness (QED) is 0.767. The van der Waals surface area contributed by atoms with Crippen molar-refractivity contribution in [2.45, 2.75) is 25.8 Å². The van der Waals surface area contributed by atoms with Crippen LogP contribution in [0.15, 0.2) is 48.5 Å². The van der Waals surface area contributed by atoms with Crippen molar-refractivity contribution in [2.75, 3.05) is 5.32 Å². The lowest BCUT2D eigenvalue weighted by molar-refractivity contribution is 0.664. The first-order valence-electron chi connectivity index (χ1n) is 6.24. The second-order valence-electron chi connectivity index (χ2n) is 4.75. The lowest BCUT2D eigenvalue weighted by atomic mass is 9.91. The van der Waals surface area contributed by atoms with Crippen LogP contribution in [0.4, 0.5) is 5.69 Å². The largest absolute Gasteiger partial charge is 0.378 e. The molecule has 1 aliphatic rings. The SMILES string of the molecule is Cc1ccccc1[C@H]1CCc2ccccc2N1. The van der Waals surface area contributed by atoms with Crippen molar-refractivity contribution in [3.8, 4) is 0 Å². The summed E-state index contributed by atoms with van der Waals surface area (Å²) < 4.78 is 0. The molecule has 1 heteroatoms. The van der Waals surface area contributed by atoms with Gasteiger partial charge < -0.3 is 5.32 Å². The number of anilines is 1. The van der Waals surface area contributed by atoms with Crippen molar-refractivity contribution >= 4 is 5.69 Å². The molecular weight excluding hydrogens is 206 g/mol.